The van der Waals surface area contributed by atoms with Crippen LogP contribution in [0, 0.1) is 11.8 Å². The van der Waals surface area contributed by atoms with Gasteiger partial charge < -0.3 is 5.32 Å². The van der Waals surface area contributed by atoms with E-state index < -0.39 is 0 Å². The van der Waals surface area contributed by atoms with Crippen LogP contribution in [0.1, 0.15) is 45.5 Å². The standard InChI is InChI=1S/C16H30N2S/c1-12(2)10-17-11-13(3)14(4)18(6)15(5)16-8-7-9-19-16/h7-9,12-15,17H,10-11H2,1-6H3. The molecule has 0 aliphatic carbocycles. The first-order valence-corrected chi connectivity index (χ1v) is 8.27. The maximum Gasteiger partial charge on any atom is 0.0413 e. The highest BCUT2D eigenvalue weighted by Crippen LogP contribution is 2.26. The summed E-state index contributed by atoms with van der Waals surface area (Å²) in [4.78, 5) is 3.95. The van der Waals surface area contributed by atoms with Crippen LogP contribution in [0.4, 0.5) is 0 Å². The van der Waals surface area contributed by atoms with Gasteiger partial charge in [-0.25, -0.2) is 0 Å². The molecule has 110 valence electrons. The van der Waals surface area contributed by atoms with E-state index in [0.717, 1.165) is 19.0 Å². The fourth-order valence-corrected chi connectivity index (χ4v) is 3.09. The van der Waals surface area contributed by atoms with Crippen molar-refractivity contribution in [3.63, 3.8) is 0 Å². The summed E-state index contributed by atoms with van der Waals surface area (Å²) in [5, 5.41) is 5.73. The van der Waals surface area contributed by atoms with Crippen LogP contribution in [0.3, 0.4) is 0 Å². The highest BCUT2D eigenvalue weighted by molar-refractivity contribution is 7.10. The first kappa shape index (κ1) is 16.7. The molecule has 3 atom stereocenters. The van der Waals surface area contributed by atoms with Crippen LogP contribution in [-0.2, 0) is 0 Å². The maximum atomic E-state index is 3.57. The molecule has 0 aliphatic rings. The lowest BCUT2D eigenvalue weighted by atomic mass is 10.0. The van der Waals surface area contributed by atoms with Gasteiger partial charge in [0.15, 0.2) is 0 Å². The largest absolute Gasteiger partial charge is 0.316 e. The first-order valence-electron chi connectivity index (χ1n) is 7.39. The Kier molecular flexibility index (Phi) is 7.05. The minimum Gasteiger partial charge on any atom is -0.316 e. The van der Waals surface area contributed by atoms with Gasteiger partial charge in [0.25, 0.3) is 0 Å². The molecule has 0 saturated heterocycles. The minimum absolute atomic E-state index is 0.502. The number of nitrogens with zero attached hydrogens (tertiary/aromatic N) is 1. The van der Waals surface area contributed by atoms with E-state index in [-0.39, 0.29) is 0 Å². The average Bonchev–Trinajstić information content (AvgIpc) is 2.89. The van der Waals surface area contributed by atoms with Crippen LogP contribution in [0.2, 0.25) is 0 Å². The summed E-state index contributed by atoms with van der Waals surface area (Å²) in [5.41, 5.74) is 0. The summed E-state index contributed by atoms with van der Waals surface area (Å²) in [5.74, 6) is 1.39. The fraction of sp³-hybridized carbons (Fsp3) is 0.750. The Hall–Kier alpha value is -0.380. The van der Waals surface area contributed by atoms with E-state index in [2.05, 4.69) is 69.4 Å². The van der Waals surface area contributed by atoms with Crippen molar-refractivity contribution in [2.45, 2.75) is 46.7 Å². The Balaban J connectivity index is 2.44. The van der Waals surface area contributed by atoms with Crippen LogP contribution in [0.25, 0.3) is 0 Å². The number of rotatable bonds is 8. The lowest BCUT2D eigenvalue weighted by Crippen LogP contribution is -2.40. The Bertz CT molecular complexity index is 335. The first-order chi connectivity index (χ1) is 8.93. The zero-order chi connectivity index (χ0) is 14.4. The molecular formula is C16H30N2S. The molecule has 0 bridgehead atoms. The Labute approximate surface area is 123 Å². The van der Waals surface area contributed by atoms with Crippen molar-refractivity contribution >= 4 is 11.3 Å². The third kappa shape index (κ3) is 5.25. The van der Waals surface area contributed by atoms with Gasteiger partial charge in [-0.1, -0.05) is 26.8 Å². The second kappa shape index (κ2) is 8.03. The summed E-state index contributed by atoms with van der Waals surface area (Å²) in [6.07, 6.45) is 0. The molecule has 3 heteroatoms. The molecule has 1 rings (SSSR count). The van der Waals surface area contributed by atoms with Crippen LogP contribution in [0.5, 0.6) is 0 Å². The normalized spacial score (nSPS) is 16.8. The van der Waals surface area contributed by atoms with Crippen molar-refractivity contribution in [2.24, 2.45) is 11.8 Å². The topological polar surface area (TPSA) is 15.3 Å². The third-order valence-corrected chi connectivity index (χ3v) is 5.09. The minimum atomic E-state index is 0.502. The van der Waals surface area contributed by atoms with Gasteiger partial charge in [0.1, 0.15) is 0 Å². The van der Waals surface area contributed by atoms with E-state index in [1.165, 1.54) is 4.88 Å². The number of hydrogen-bond donors (Lipinski definition) is 1. The van der Waals surface area contributed by atoms with Crippen molar-refractivity contribution in [2.75, 3.05) is 20.1 Å². The van der Waals surface area contributed by atoms with Crippen LogP contribution in [0.15, 0.2) is 17.5 Å². The van der Waals surface area contributed by atoms with Crippen molar-refractivity contribution < 1.29 is 0 Å². The van der Waals surface area contributed by atoms with Crippen LogP contribution >= 0.6 is 11.3 Å². The highest BCUT2D eigenvalue weighted by Gasteiger charge is 2.22. The van der Waals surface area contributed by atoms with Gasteiger partial charge >= 0.3 is 0 Å². The van der Waals surface area contributed by atoms with Gasteiger partial charge in [0.05, 0.1) is 0 Å². The molecule has 0 saturated carbocycles. The number of thiophene rings is 1. The zero-order valence-electron chi connectivity index (χ0n) is 13.3. The molecule has 1 aromatic rings. The highest BCUT2D eigenvalue weighted by atomic mass is 32.1. The lowest BCUT2D eigenvalue weighted by Gasteiger charge is -2.34. The Morgan fingerprint density at radius 1 is 1.16 bits per heavy atom. The summed E-state index contributed by atoms with van der Waals surface area (Å²) in [6, 6.07) is 5.46. The molecule has 0 amide bonds. The van der Waals surface area contributed by atoms with Crippen molar-refractivity contribution in [3.8, 4) is 0 Å². The van der Waals surface area contributed by atoms with Crippen LogP contribution < -0.4 is 5.32 Å². The van der Waals surface area contributed by atoms with Crippen molar-refractivity contribution in [3.05, 3.63) is 22.4 Å². The molecule has 0 aromatic carbocycles. The number of hydrogen-bond acceptors (Lipinski definition) is 3. The van der Waals surface area contributed by atoms with Gasteiger partial charge in [-0.15, -0.1) is 11.3 Å². The molecule has 19 heavy (non-hydrogen) atoms. The van der Waals surface area contributed by atoms with E-state index in [1.54, 1.807) is 0 Å². The van der Waals surface area contributed by atoms with Gasteiger partial charge in [0.2, 0.25) is 0 Å². The van der Waals surface area contributed by atoms with Crippen molar-refractivity contribution in [1.29, 1.82) is 0 Å². The SMILES string of the molecule is CC(C)CNCC(C)C(C)N(C)C(C)c1cccs1. The summed E-state index contributed by atoms with van der Waals surface area (Å²) < 4.78 is 0. The predicted molar refractivity (Wildman–Crippen MR) is 86.8 cm³/mol. The van der Waals surface area contributed by atoms with E-state index in [4.69, 9.17) is 0 Å². The van der Waals surface area contributed by atoms with E-state index in [0.29, 0.717) is 18.0 Å². The molecule has 1 heterocycles. The smallest absolute Gasteiger partial charge is 0.0413 e. The fourth-order valence-electron chi connectivity index (χ4n) is 2.25. The van der Waals surface area contributed by atoms with Crippen molar-refractivity contribution in [1.82, 2.24) is 10.2 Å². The quantitative estimate of drug-likeness (QED) is 0.775. The van der Waals surface area contributed by atoms with E-state index >= 15 is 0 Å². The molecule has 3 unspecified atom stereocenters. The molecule has 0 fully saturated rings. The molecule has 1 aromatic heterocycles. The molecule has 1 N–H and O–H groups in total. The predicted octanol–water partition coefficient (Wildman–Crippen LogP) is 4.01. The Morgan fingerprint density at radius 3 is 2.37 bits per heavy atom. The van der Waals surface area contributed by atoms with E-state index in [1.807, 2.05) is 11.3 Å². The summed E-state index contributed by atoms with van der Waals surface area (Å²) >= 11 is 1.85. The second-order valence-electron chi connectivity index (χ2n) is 6.13. The number of nitrogens with one attached hydrogen (secondary N) is 1. The monoisotopic (exact) mass is 282 g/mol. The molecule has 0 radical (unpaired) electrons. The van der Waals surface area contributed by atoms with Crippen LogP contribution in [-0.4, -0.2) is 31.1 Å². The van der Waals surface area contributed by atoms with Gasteiger partial charge in [-0.3, -0.25) is 4.90 Å². The van der Waals surface area contributed by atoms with Gasteiger partial charge in [0, 0.05) is 17.0 Å². The lowest BCUT2D eigenvalue weighted by molar-refractivity contribution is 0.151. The Morgan fingerprint density at radius 2 is 1.84 bits per heavy atom. The van der Waals surface area contributed by atoms with E-state index in [9.17, 15) is 0 Å². The summed E-state index contributed by atoms with van der Waals surface area (Å²) in [7, 11) is 2.24. The summed E-state index contributed by atoms with van der Waals surface area (Å²) in [6.45, 7) is 13.7. The second-order valence-corrected chi connectivity index (χ2v) is 7.11. The molecule has 0 aliphatic heterocycles. The van der Waals surface area contributed by atoms with Gasteiger partial charge in [-0.05, 0) is 57.3 Å². The molecular weight excluding hydrogens is 252 g/mol. The zero-order valence-corrected chi connectivity index (χ0v) is 14.1. The maximum absolute atomic E-state index is 3.57. The average molecular weight is 282 g/mol. The molecule has 0 spiro atoms. The third-order valence-electron chi connectivity index (χ3n) is 4.05. The molecule has 2 nitrogen and oxygen atoms in total. The van der Waals surface area contributed by atoms with Gasteiger partial charge in [-0.2, -0.15) is 0 Å².